The topological polar surface area (TPSA) is 61.1 Å². The van der Waals surface area contributed by atoms with E-state index in [0.717, 1.165) is 25.7 Å². The number of unbranched alkanes of at least 4 members (excludes halogenated alkanes) is 8. The smallest absolute Gasteiger partial charge is 0.303 e. The molecular weight excluding hydrogens is 306 g/mol. The largest absolute Gasteiger partial charge is 0.481 e. The van der Waals surface area contributed by atoms with Crippen molar-refractivity contribution in [2.24, 2.45) is 0 Å². The highest BCUT2D eigenvalue weighted by molar-refractivity contribution is 7.85. The minimum atomic E-state index is -0.671. The molecule has 0 saturated heterocycles. The Kier molecular flexibility index (Phi) is 24.1. The van der Waals surface area contributed by atoms with Crippen LogP contribution >= 0.6 is 12.6 Å². The molecule has 0 aliphatic rings. The molecular formula is C19H33NO2S. The summed E-state index contributed by atoms with van der Waals surface area (Å²) in [7, 11) is 0. The van der Waals surface area contributed by atoms with Crippen molar-refractivity contribution >= 4 is 18.6 Å². The third kappa shape index (κ3) is 29.4. The van der Waals surface area contributed by atoms with Gasteiger partial charge in [0.1, 0.15) is 5.40 Å². The maximum absolute atomic E-state index is 10.3. The van der Waals surface area contributed by atoms with Gasteiger partial charge in [-0.05, 0) is 38.5 Å². The van der Waals surface area contributed by atoms with Crippen LogP contribution in [0, 0.1) is 10.7 Å². The van der Waals surface area contributed by atoms with Crippen LogP contribution < -0.4 is 0 Å². The minimum absolute atomic E-state index is 0.324. The van der Waals surface area contributed by atoms with Crippen molar-refractivity contribution in [2.45, 2.75) is 84.0 Å². The van der Waals surface area contributed by atoms with Gasteiger partial charge in [-0.15, -0.1) is 0 Å². The molecule has 23 heavy (non-hydrogen) atoms. The molecule has 0 aromatic carbocycles. The van der Waals surface area contributed by atoms with Crippen molar-refractivity contribution in [3.05, 3.63) is 24.3 Å². The van der Waals surface area contributed by atoms with Gasteiger partial charge in [-0.25, -0.2) is 0 Å². The lowest BCUT2D eigenvalue weighted by Crippen LogP contribution is -1.93. The average molecular weight is 340 g/mol. The SMILES string of the molecule is CCCCC/C=C\C/C=C\CCCCCCCC(=O)O.N#CS. The normalized spacial score (nSPS) is 10.5. The summed E-state index contributed by atoms with van der Waals surface area (Å²) in [5, 5.41) is 17.1. The Balaban J connectivity index is 0. The highest BCUT2D eigenvalue weighted by Gasteiger charge is 1.95. The van der Waals surface area contributed by atoms with Gasteiger partial charge in [0, 0.05) is 6.42 Å². The van der Waals surface area contributed by atoms with Crippen molar-refractivity contribution < 1.29 is 9.90 Å². The van der Waals surface area contributed by atoms with Gasteiger partial charge in [-0.3, -0.25) is 4.79 Å². The van der Waals surface area contributed by atoms with E-state index in [1.807, 2.05) is 0 Å². The molecule has 0 atom stereocenters. The van der Waals surface area contributed by atoms with Crippen molar-refractivity contribution in [1.82, 2.24) is 0 Å². The zero-order valence-electron chi connectivity index (χ0n) is 14.5. The number of hydrogen-bond acceptors (Lipinski definition) is 3. The van der Waals surface area contributed by atoms with Crippen LogP contribution in [-0.2, 0) is 4.79 Å². The summed E-state index contributed by atoms with van der Waals surface area (Å²) in [6.45, 7) is 2.23. The fourth-order valence-corrected chi connectivity index (χ4v) is 2.09. The fraction of sp³-hybridized carbons (Fsp3) is 0.684. The number of aliphatic carboxylic acids is 1. The molecule has 0 bridgehead atoms. The summed E-state index contributed by atoms with van der Waals surface area (Å²) in [5.74, 6) is -0.671. The molecule has 0 aromatic heterocycles. The number of nitrogens with zero attached hydrogens (tertiary/aromatic N) is 1. The van der Waals surface area contributed by atoms with E-state index in [1.54, 1.807) is 0 Å². The van der Waals surface area contributed by atoms with E-state index >= 15 is 0 Å². The number of carboxylic acids is 1. The number of thiocyanates is 1. The number of nitriles is 1. The Morgan fingerprint density at radius 1 is 0.957 bits per heavy atom. The number of rotatable bonds is 14. The first kappa shape index (κ1) is 24.0. The van der Waals surface area contributed by atoms with E-state index < -0.39 is 5.97 Å². The second-order valence-corrected chi connectivity index (χ2v) is 5.67. The summed E-state index contributed by atoms with van der Waals surface area (Å²) in [6, 6.07) is 0. The fourth-order valence-electron chi connectivity index (χ4n) is 2.09. The molecule has 0 aliphatic carbocycles. The number of carbonyl (C=O) groups is 1. The van der Waals surface area contributed by atoms with Gasteiger partial charge in [0.15, 0.2) is 0 Å². The molecule has 0 aliphatic heterocycles. The minimum Gasteiger partial charge on any atom is -0.481 e. The van der Waals surface area contributed by atoms with Gasteiger partial charge < -0.3 is 5.11 Å². The van der Waals surface area contributed by atoms with E-state index in [-0.39, 0.29) is 0 Å². The molecule has 132 valence electrons. The van der Waals surface area contributed by atoms with Gasteiger partial charge in [-0.1, -0.05) is 76.0 Å². The highest BCUT2D eigenvalue weighted by atomic mass is 32.1. The molecule has 1 N–H and O–H groups in total. The third-order valence-corrected chi connectivity index (χ3v) is 3.34. The second-order valence-electron chi connectivity index (χ2n) is 5.47. The standard InChI is InChI=1S/C18H32O2.CHNS/c1-2-3-4-5-6-7-8-9-10-11-12-13-14-15-16-17-18(19)20;2-1-3/h6-7,9-10H,2-5,8,11-17H2,1H3,(H,19,20);3H/b7-6-,10-9-;. The predicted molar refractivity (Wildman–Crippen MR) is 102 cm³/mol. The van der Waals surface area contributed by atoms with Crippen molar-refractivity contribution in [2.75, 3.05) is 0 Å². The predicted octanol–water partition coefficient (Wildman–Crippen LogP) is 6.28. The van der Waals surface area contributed by atoms with Gasteiger partial charge >= 0.3 is 5.97 Å². The van der Waals surface area contributed by atoms with Crippen LogP contribution in [0.2, 0.25) is 0 Å². The van der Waals surface area contributed by atoms with Crippen LogP contribution in [0.4, 0.5) is 0 Å². The first-order valence-electron chi connectivity index (χ1n) is 8.74. The first-order chi connectivity index (χ1) is 11.2. The monoisotopic (exact) mass is 339 g/mol. The Bertz CT molecular complexity index is 346. The molecule has 3 nitrogen and oxygen atoms in total. The van der Waals surface area contributed by atoms with Crippen LogP contribution in [0.3, 0.4) is 0 Å². The quantitative estimate of drug-likeness (QED) is 0.169. The number of carboxylic acid groups (broad SMARTS) is 1. The van der Waals surface area contributed by atoms with Crippen molar-refractivity contribution in [3.8, 4) is 5.40 Å². The lowest BCUT2D eigenvalue weighted by molar-refractivity contribution is -0.137. The van der Waals surface area contributed by atoms with Gasteiger partial charge in [0.25, 0.3) is 0 Å². The third-order valence-electron chi connectivity index (χ3n) is 3.34. The maximum Gasteiger partial charge on any atom is 0.303 e. The molecule has 0 fully saturated rings. The molecule has 0 heterocycles. The van der Waals surface area contributed by atoms with E-state index in [1.165, 1.54) is 50.3 Å². The van der Waals surface area contributed by atoms with E-state index in [4.69, 9.17) is 10.4 Å². The summed E-state index contributed by atoms with van der Waals surface area (Å²) < 4.78 is 0. The number of allylic oxidation sites excluding steroid dienone is 4. The van der Waals surface area contributed by atoms with E-state index in [0.29, 0.717) is 6.42 Å². The summed E-state index contributed by atoms with van der Waals surface area (Å²) in [6.07, 6.45) is 22.3. The molecule has 0 aromatic rings. The molecule has 0 unspecified atom stereocenters. The van der Waals surface area contributed by atoms with Gasteiger partial charge in [0.05, 0.1) is 0 Å². The van der Waals surface area contributed by atoms with Crippen LogP contribution in [-0.4, -0.2) is 11.1 Å². The lowest BCUT2D eigenvalue weighted by atomic mass is 10.1. The molecule has 0 amide bonds. The summed E-state index contributed by atoms with van der Waals surface area (Å²) >= 11 is 3.09. The highest BCUT2D eigenvalue weighted by Crippen LogP contribution is 2.08. The van der Waals surface area contributed by atoms with Crippen LogP contribution in [0.5, 0.6) is 0 Å². The number of thiol groups is 1. The zero-order valence-corrected chi connectivity index (χ0v) is 15.4. The molecule has 0 rings (SSSR count). The van der Waals surface area contributed by atoms with E-state index in [2.05, 4.69) is 43.9 Å². The van der Waals surface area contributed by atoms with Crippen molar-refractivity contribution in [1.29, 1.82) is 5.26 Å². The lowest BCUT2D eigenvalue weighted by Gasteiger charge is -1.98. The Labute approximate surface area is 147 Å². The van der Waals surface area contributed by atoms with Gasteiger partial charge in [0.2, 0.25) is 0 Å². The molecule has 0 spiro atoms. The van der Waals surface area contributed by atoms with Gasteiger partial charge in [-0.2, -0.15) is 5.26 Å². The molecule has 4 heteroatoms. The zero-order chi connectivity index (χ0) is 17.6. The maximum atomic E-state index is 10.3. The second kappa shape index (κ2) is 23.1. The molecule has 0 saturated carbocycles. The van der Waals surface area contributed by atoms with Crippen LogP contribution in [0.1, 0.15) is 84.0 Å². The average Bonchev–Trinajstić information content (AvgIpc) is 2.51. The Hall–Kier alpha value is -1.21. The van der Waals surface area contributed by atoms with E-state index in [9.17, 15) is 4.79 Å². The number of hydrogen-bond donors (Lipinski definition) is 2. The first-order valence-corrected chi connectivity index (χ1v) is 9.18. The van der Waals surface area contributed by atoms with Crippen LogP contribution in [0.25, 0.3) is 0 Å². The summed E-state index contributed by atoms with van der Waals surface area (Å²) in [5.41, 5.74) is 0. The Morgan fingerprint density at radius 3 is 1.96 bits per heavy atom. The summed E-state index contributed by atoms with van der Waals surface area (Å²) in [4.78, 5) is 10.3. The van der Waals surface area contributed by atoms with Crippen LogP contribution in [0.15, 0.2) is 24.3 Å². The molecule has 0 radical (unpaired) electrons. The van der Waals surface area contributed by atoms with Crippen molar-refractivity contribution in [3.63, 3.8) is 0 Å². The Morgan fingerprint density at radius 2 is 1.43 bits per heavy atom.